The quantitative estimate of drug-likeness (QED) is 0.702. The van der Waals surface area contributed by atoms with Gasteiger partial charge in [-0.1, -0.05) is 22.0 Å². The summed E-state index contributed by atoms with van der Waals surface area (Å²) in [6.45, 7) is 0. The molecule has 2 N–H and O–H groups in total. The fourth-order valence-electron chi connectivity index (χ4n) is 0.899. The van der Waals surface area contributed by atoms with Crippen molar-refractivity contribution in [3.05, 3.63) is 22.4 Å². The molecule has 0 aromatic carbocycles. The summed E-state index contributed by atoms with van der Waals surface area (Å²) in [6.07, 6.45) is 4.69. The normalized spacial score (nSPS) is 25.3. The summed E-state index contributed by atoms with van der Waals surface area (Å²) in [7, 11) is 1.66. The molecule has 0 heterocycles. The number of allylic oxidation sites excluding steroid dienone is 2. The molecule has 0 amide bonds. The van der Waals surface area contributed by atoms with E-state index in [2.05, 4.69) is 15.9 Å². The lowest BCUT2D eigenvalue weighted by atomic mass is 10.1. The van der Waals surface area contributed by atoms with Crippen molar-refractivity contribution in [1.82, 2.24) is 0 Å². The summed E-state index contributed by atoms with van der Waals surface area (Å²) in [6, 6.07) is 0.0920. The van der Waals surface area contributed by atoms with Gasteiger partial charge in [0.25, 0.3) is 0 Å². The van der Waals surface area contributed by atoms with Gasteiger partial charge in [-0.05, 0) is 6.08 Å². The van der Waals surface area contributed by atoms with E-state index in [4.69, 9.17) is 10.5 Å². The summed E-state index contributed by atoms with van der Waals surface area (Å²) >= 11 is 3.33. The molecular weight excluding hydrogens is 194 g/mol. The molecule has 2 nitrogen and oxygen atoms in total. The van der Waals surface area contributed by atoms with Crippen LogP contribution in [0.5, 0.6) is 0 Å². The molecule has 0 spiro atoms. The predicted molar refractivity (Wildman–Crippen MR) is 44.7 cm³/mol. The first-order chi connectivity index (χ1) is 4.72. The molecule has 3 heteroatoms. The second-order valence-corrected chi connectivity index (χ2v) is 3.15. The van der Waals surface area contributed by atoms with Gasteiger partial charge in [0, 0.05) is 16.9 Å². The maximum absolute atomic E-state index is 5.66. The van der Waals surface area contributed by atoms with Gasteiger partial charge in [-0.15, -0.1) is 0 Å². The highest BCUT2D eigenvalue weighted by molar-refractivity contribution is 9.11. The van der Waals surface area contributed by atoms with Crippen LogP contribution in [-0.4, -0.2) is 13.2 Å². The highest BCUT2D eigenvalue weighted by atomic mass is 79.9. The zero-order chi connectivity index (χ0) is 7.56. The van der Waals surface area contributed by atoms with E-state index in [-0.39, 0.29) is 6.04 Å². The summed E-state index contributed by atoms with van der Waals surface area (Å²) < 4.78 is 6.05. The van der Waals surface area contributed by atoms with E-state index in [0.29, 0.717) is 0 Å². The van der Waals surface area contributed by atoms with E-state index >= 15 is 0 Å². The molecule has 0 saturated heterocycles. The first-order valence-electron chi connectivity index (χ1n) is 3.10. The third kappa shape index (κ3) is 1.85. The highest BCUT2D eigenvalue weighted by Gasteiger charge is 2.09. The predicted octanol–water partition coefficient (Wildman–Crippen LogP) is 1.53. The van der Waals surface area contributed by atoms with Gasteiger partial charge in [0.1, 0.15) is 0 Å². The minimum Gasteiger partial charge on any atom is -0.501 e. The van der Waals surface area contributed by atoms with Gasteiger partial charge in [0.05, 0.1) is 12.9 Å². The molecule has 0 bridgehead atoms. The Kier molecular flexibility index (Phi) is 2.51. The second-order valence-electron chi connectivity index (χ2n) is 2.23. The Balaban J connectivity index is 2.70. The van der Waals surface area contributed by atoms with Crippen LogP contribution in [0.15, 0.2) is 22.4 Å². The number of hydrogen-bond acceptors (Lipinski definition) is 2. The summed E-state index contributed by atoms with van der Waals surface area (Å²) in [5.74, 6) is 0.932. The van der Waals surface area contributed by atoms with Crippen LogP contribution in [0.3, 0.4) is 0 Å². The Labute approximate surface area is 68.9 Å². The van der Waals surface area contributed by atoms with Crippen LogP contribution < -0.4 is 5.73 Å². The first kappa shape index (κ1) is 7.82. The minimum absolute atomic E-state index is 0.0920. The van der Waals surface area contributed by atoms with E-state index in [1.807, 2.05) is 12.2 Å². The Bertz CT molecular complexity index is 186. The van der Waals surface area contributed by atoms with Crippen molar-refractivity contribution >= 4 is 15.9 Å². The van der Waals surface area contributed by atoms with Crippen LogP contribution in [-0.2, 0) is 4.74 Å². The number of methoxy groups -OCH3 is 1. The topological polar surface area (TPSA) is 35.2 Å². The molecule has 0 aliphatic heterocycles. The molecule has 0 saturated carbocycles. The van der Waals surface area contributed by atoms with E-state index in [1.165, 1.54) is 0 Å². The maximum Gasteiger partial charge on any atom is 0.0985 e. The smallest absolute Gasteiger partial charge is 0.0985 e. The van der Waals surface area contributed by atoms with E-state index in [9.17, 15) is 0 Å². The van der Waals surface area contributed by atoms with Gasteiger partial charge in [0.2, 0.25) is 0 Å². The molecule has 0 radical (unpaired) electrons. The molecular formula is C7H10BrNO. The largest absolute Gasteiger partial charge is 0.501 e. The second kappa shape index (κ2) is 3.21. The Morgan fingerprint density at radius 2 is 2.50 bits per heavy atom. The van der Waals surface area contributed by atoms with Crippen molar-refractivity contribution in [2.24, 2.45) is 5.73 Å². The summed E-state index contributed by atoms with van der Waals surface area (Å²) in [5.41, 5.74) is 5.66. The molecule has 1 rings (SSSR count). The maximum atomic E-state index is 5.66. The van der Waals surface area contributed by atoms with Gasteiger partial charge in [-0.3, -0.25) is 0 Å². The number of rotatable bonds is 1. The number of halogens is 1. The SMILES string of the molecule is COC1=CC(Br)=CC(N)C1. The number of ether oxygens (including phenoxy) is 1. The minimum atomic E-state index is 0.0920. The van der Waals surface area contributed by atoms with Crippen molar-refractivity contribution in [1.29, 1.82) is 0 Å². The van der Waals surface area contributed by atoms with E-state index < -0.39 is 0 Å². The van der Waals surface area contributed by atoms with Gasteiger partial charge < -0.3 is 10.5 Å². The van der Waals surface area contributed by atoms with Crippen LogP contribution >= 0.6 is 15.9 Å². The third-order valence-electron chi connectivity index (χ3n) is 1.37. The first-order valence-corrected chi connectivity index (χ1v) is 3.89. The van der Waals surface area contributed by atoms with Crippen molar-refractivity contribution in [2.45, 2.75) is 12.5 Å². The van der Waals surface area contributed by atoms with Crippen LogP contribution in [0.2, 0.25) is 0 Å². The van der Waals surface area contributed by atoms with Crippen molar-refractivity contribution in [2.75, 3.05) is 7.11 Å². The number of hydrogen-bond donors (Lipinski definition) is 1. The fourth-order valence-corrected chi connectivity index (χ4v) is 1.49. The molecule has 1 unspecified atom stereocenters. The average Bonchev–Trinajstić information content (AvgIpc) is 1.85. The van der Waals surface area contributed by atoms with Gasteiger partial charge in [-0.2, -0.15) is 0 Å². The Morgan fingerprint density at radius 1 is 1.80 bits per heavy atom. The molecule has 0 fully saturated rings. The van der Waals surface area contributed by atoms with Gasteiger partial charge in [-0.25, -0.2) is 0 Å². The van der Waals surface area contributed by atoms with Crippen molar-refractivity contribution in [3.8, 4) is 0 Å². The third-order valence-corrected chi connectivity index (χ3v) is 1.86. The van der Waals surface area contributed by atoms with Crippen LogP contribution in [0.25, 0.3) is 0 Å². The van der Waals surface area contributed by atoms with Crippen LogP contribution in [0.4, 0.5) is 0 Å². The number of nitrogens with two attached hydrogens (primary N) is 1. The zero-order valence-electron chi connectivity index (χ0n) is 5.80. The molecule has 56 valence electrons. The summed E-state index contributed by atoms with van der Waals surface area (Å²) in [5, 5.41) is 0. The van der Waals surface area contributed by atoms with Crippen molar-refractivity contribution < 1.29 is 4.74 Å². The molecule has 1 aliphatic rings. The van der Waals surface area contributed by atoms with E-state index in [0.717, 1.165) is 16.7 Å². The molecule has 10 heavy (non-hydrogen) atoms. The lowest BCUT2D eigenvalue weighted by Gasteiger charge is -2.14. The zero-order valence-corrected chi connectivity index (χ0v) is 7.39. The standard InChI is InChI=1S/C7H10BrNO/c1-10-7-3-5(8)2-6(9)4-7/h2-3,6H,4,9H2,1H3. The van der Waals surface area contributed by atoms with Crippen molar-refractivity contribution in [3.63, 3.8) is 0 Å². The summed E-state index contributed by atoms with van der Waals surface area (Å²) in [4.78, 5) is 0. The highest BCUT2D eigenvalue weighted by Crippen LogP contribution is 2.20. The van der Waals surface area contributed by atoms with Crippen LogP contribution in [0.1, 0.15) is 6.42 Å². The lowest BCUT2D eigenvalue weighted by molar-refractivity contribution is 0.272. The molecule has 0 aromatic heterocycles. The Hall–Kier alpha value is -0.280. The molecule has 1 atom stereocenters. The van der Waals surface area contributed by atoms with Gasteiger partial charge in [0.15, 0.2) is 0 Å². The van der Waals surface area contributed by atoms with Crippen LogP contribution in [0, 0.1) is 0 Å². The molecule has 1 aliphatic carbocycles. The monoisotopic (exact) mass is 203 g/mol. The molecule has 0 aromatic rings. The Morgan fingerprint density at radius 3 is 3.00 bits per heavy atom. The fraction of sp³-hybridized carbons (Fsp3) is 0.429. The lowest BCUT2D eigenvalue weighted by Crippen LogP contribution is -2.20. The van der Waals surface area contributed by atoms with E-state index in [1.54, 1.807) is 7.11 Å². The van der Waals surface area contributed by atoms with Gasteiger partial charge >= 0.3 is 0 Å². The average molecular weight is 204 g/mol.